The van der Waals surface area contributed by atoms with E-state index in [9.17, 15) is 4.79 Å². The Kier molecular flexibility index (Phi) is 6.11. The van der Waals surface area contributed by atoms with Gasteiger partial charge in [-0.2, -0.15) is 0 Å². The zero-order chi connectivity index (χ0) is 19.9. The Hall–Kier alpha value is -3.54. The number of benzene rings is 2. The second kappa shape index (κ2) is 8.90. The minimum Gasteiger partial charge on any atom is -0.493 e. The van der Waals surface area contributed by atoms with Gasteiger partial charge in [0.05, 0.1) is 14.2 Å². The number of esters is 1. The lowest BCUT2D eigenvalue weighted by Gasteiger charge is -2.10. The summed E-state index contributed by atoms with van der Waals surface area (Å²) in [5, 5.41) is 0. The highest BCUT2D eigenvalue weighted by molar-refractivity contribution is 5.87. The van der Waals surface area contributed by atoms with Gasteiger partial charge in [-0.25, -0.2) is 9.78 Å². The molecule has 1 aromatic heterocycles. The number of methoxy groups -OCH3 is 2. The predicted octanol–water partition coefficient (Wildman–Crippen LogP) is 4.42. The van der Waals surface area contributed by atoms with E-state index in [0.717, 1.165) is 16.8 Å². The molecule has 6 heteroatoms. The van der Waals surface area contributed by atoms with E-state index < -0.39 is 5.97 Å². The maximum atomic E-state index is 11.2. The summed E-state index contributed by atoms with van der Waals surface area (Å²) in [6, 6.07) is 15.1. The van der Waals surface area contributed by atoms with Crippen LogP contribution in [0.25, 0.3) is 17.5 Å². The molecule has 2 aromatic carbocycles. The molecule has 0 spiro atoms. The molecule has 1 heterocycles. The van der Waals surface area contributed by atoms with Crippen molar-refractivity contribution in [3.63, 3.8) is 0 Å². The van der Waals surface area contributed by atoms with E-state index in [2.05, 4.69) is 9.72 Å². The quantitative estimate of drug-likeness (QED) is 0.447. The predicted molar refractivity (Wildman–Crippen MR) is 105 cm³/mol. The molecule has 3 rings (SSSR count). The Morgan fingerprint density at radius 2 is 1.89 bits per heavy atom. The standard InChI is InChI=1S/C22H21NO5/c1-15-18(23-22(28-15)17-7-5-4-6-8-17)14-27-19-11-9-16(13-20(19)25-2)10-12-21(24)26-3/h4-13H,14H2,1-3H3/b12-10+. The van der Waals surface area contributed by atoms with Crippen LogP contribution in [0.15, 0.2) is 59.0 Å². The molecule has 3 aromatic rings. The molecule has 6 nitrogen and oxygen atoms in total. The molecule has 0 N–H and O–H groups in total. The van der Waals surface area contributed by atoms with E-state index in [4.69, 9.17) is 13.9 Å². The Morgan fingerprint density at radius 3 is 2.61 bits per heavy atom. The maximum absolute atomic E-state index is 11.2. The summed E-state index contributed by atoms with van der Waals surface area (Å²) < 4.78 is 21.6. The van der Waals surface area contributed by atoms with E-state index >= 15 is 0 Å². The molecule has 0 aliphatic carbocycles. The van der Waals surface area contributed by atoms with Gasteiger partial charge in [-0.3, -0.25) is 0 Å². The van der Waals surface area contributed by atoms with Crippen LogP contribution >= 0.6 is 0 Å². The number of hydrogen-bond donors (Lipinski definition) is 0. The van der Waals surface area contributed by atoms with Crippen molar-refractivity contribution in [2.75, 3.05) is 14.2 Å². The highest BCUT2D eigenvalue weighted by atomic mass is 16.5. The largest absolute Gasteiger partial charge is 0.493 e. The SMILES string of the molecule is COC(=O)/C=C/c1ccc(OCc2nc(-c3ccccc3)oc2C)c(OC)c1. The van der Waals surface area contributed by atoms with Crippen molar-refractivity contribution in [2.24, 2.45) is 0 Å². The molecule has 0 radical (unpaired) electrons. The topological polar surface area (TPSA) is 70.8 Å². The van der Waals surface area contributed by atoms with E-state index in [-0.39, 0.29) is 6.61 Å². The van der Waals surface area contributed by atoms with Crippen LogP contribution in [0, 0.1) is 6.92 Å². The first kappa shape index (κ1) is 19.2. The lowest BCUT2D eigenvalue weighted by molar-refractivity contribution is -0.134. The number of aromatic nitrogens is 1. The lowest BCUT2D eigenvalue weighted by Crippen LogP contribution is -2.00. The van der Waals surface area contributed by atoms with Gasteiger partial charge < -0.3 is 18.6 Å². The van der Waals surface area contributed by atoms with Crippen LogP contribution in [-0.4, -0.2) is 25.2 Å². The van der Waals surface area contributed by atoms with Crippen molar-refractivity contribution in [1.82, 2.24) is 4.98 Å². The Morgan fingerprint density at radius 1 is 1.11 bits per heavy atom. The first-order valence-electron chi connectivity index (χ1n) is 8.69. The van der Waals surface area contributed by atoms with Gasteiger partial charge in [0, 0.05) is 11.6 Å². The minimum atomic E-state index is -0.421. The molecular formula is C22H21NO5. The Balaban J connectivity index is 1.73. The average Bonchev–Trinajstić information content (AvgIpc) is 3.11. The molecule has 144 valence electrons. The first-order chi connectivity index (χ1) is 13.6. The van der Waals surface area contributed by atoms with Crippen LogP contribution < -0.4 is 9.47 Å². The smallest absolute Gasteiger partial charge is 0.330 e. The molecule has 0 atom stereocenters. The normalized spacial score (nSPS) is 10.8. The number of rotatable bonds is 7. The molecule has 0 unspecified atom stereocenters. The summed E-state index contributed by atoms with van der Waals surface area (Å²) in [5.41, 5.74) is 2.42. The Bertz CT molecular complexity index is 976. The number of ether oxygens (including phenoxy) is 3. The van der Waals surface area contributed by atoms with Crippen LogP contribution in [0.2, 0.25) is 0 Å². The van der Waals surface area contributed by atoms with E-state index in [1.165, 1.54) is 13.2 Å². The number of aryl methyl sites for hydroxylation is 1. The van der Waals surface area contributed by atoms with Gasteiger partial charge in [-0.05, 0) is 42.8 Å². The van der Waals surface area contributed by atoms with Crippen LogP contribution in [0.5, 0.6) is 11.5 Å². The van der Waals surface area contributed by atoms with Gasteiger partial charge >= 0.3 is 5.97 Å². The first-order valence-corrected chi connectivity index (χ1v) is 8.69. The zero-order valence-electron chi connectivity index (χ0n) is 16.0. The maximum Gasteiger partial charge on any atom is 0.330 e. The molecule has 0 aliphatic heterocycles. The minimum absolute atomic E-state index is 0.246. The third kappa shape index (κ3) is 4.59. The second-order valence-corrected chi connectivity index (χ2v) is 5.94. The number of hydrogen-bond acceptors (Lipinski definition) is 6. The van der Waals surface area contributed by atoms with Gasteiger partial charge in [0.15, 0.2) is 11.5 Å². The number of nitrogens with zero attached hydrogens (tertiary/aromatic N) is 1. The fourth-order valence-electron chi connectivity index (χ4n) is 2.55. The summed E-state index contributed by atoms with van der Waals surface area (Å²) in [6.07, 6.45) is 2.99. The summed E-state index contributed by atoms with van der Waals surface area (Å²) >= 11 is 0. The number of oxazole rings is 1. The number of carbonyl (C=O) groups excluding carboxylic acids is 1. The summed E-state index contributed by atoms with van der Waals surface area (Å²) in [6.45, 7) is 2.10. The van der Waals surface area contributed by atoms with Crippen LogP contribution in [0.4, 0.5) is 0 Å². The van der Waals surface area contributed by atoms with Crippen molar-refractivity contribution < 1.29 is 23.4 Å². The Labute approximate surface area is 163 Å². The summed E-state index contributed by atoms with van der Waals surface area (Å²) in [7, 11) is 2.89. The lowest BCUT2D eigenvalue weighted by atomic mass is 10.2. The highest BCUT2D eigenvalue weighted by Crippen LogP contribution is 2.30. The van der Waals surface area contributed by atoms with Crippen molar-refractivity contribution >= 4 is 12.0 Å². The molecule has 0 bridgehead atoms. The van der Waals surface area contributed by atoms with Crippen molar-refractivity contribution in [1.29, 1.82) is 0 Å². The fraction of sp³-hybridized carbons (Fsp3) is 0.182. The third-order valence-electron chi connectivity index (χ3n) is 4.08. The summed E-state index contributed by atoms with van der Waals surface area (Å²) in [4.78, 5) is 15.8. The molecule has 0 amide bonds. The van der Waals surface area contributed by atoms with E-state index in [0.29, 0.717) is 23.1 Å². The molecule has 0 saturated carbocycles. The molecule has 0 aliphatic rings. The van der Waals surface area contributed by atoms with Gasteiger partial charge in [0.1, 0.15) is 18.1 Å². The van der Waals surface area contributed by atoms with Gasteiger partial charge in [-0.15, -0.1) is 0 Å². The van der Waals surface area contributed by atoms with Crippen molar-refractivity contribution in [3.8, 4) is 23.0 Å². The molecule has 0 fully saturated rings. The summed E-state index contributed by atoms with van der Waals surface area (Å²) in [5.74, 6) is 1.97. The van der Waals surface area contributed by atoms with Gasteiger partial charge in [0.25, 0.3) is 0 Å². The molecular weight excluding hydrogens is 358 g/mol. The number of carbonyl (C=O) groups is 1. The molecule has 0 saturated heterocycles. The van der Waals surface area contributed by atoms with Gasteiger partial charge in [-0.1, -0.05) is 24.3 Å². The second-order valence-electron chi connectivity index (χ2n) is 5.94. The van der Waals surface area contributed by atoms with Crippen molar-refractivity contribution in [3.05, 3.63) is 71.6 Å². The van der Waals surface area contributed by atoms with Crippen molar-refractivity contribution in [2.45, 2.75) is 13.5 Å². The molecule has 28 heavy (non-hydrogen) atoms. The monoisotopic (exact) mass is 379 g/mol. The average molecular weight is 379 g/mol. The van der Waals surface area contributed by atoms with Crippen LogP contribution in [-0.2, 0) is 16.1 Å². The van der Waals surface area contributed by atoms with Gasteiger partial charge in [0.2, 0.25) is 5.89 Å². The third-order valence-corrected chi connectivity index (χ3v) is 4.08. The zero-order valence-corrected chi connectivity index (χ0v) is 16.0. The van der Waals surface area contributed by atoms with E-state index in [1.807, 2.05) is 43.3 Å². The van der Waals surface area contributed by atoms with E-state index in [1.54, 1.807) is 25.3 Å². The van der Waals surface area contributed by atoms with Crippen LogP contribution in [0.1, 0.15) is 17.0 Å². The fourth-order valence-corrected chi connectivity index (χ4v) is 2.55. The van der Waals surface area contributed by atoms with Crippen LogP contribution in [0.3, 0.4) is 0 Å². The highest BCUT2D eigenvalue weighted by Gasteiger charge is 2.13.